The van der Waals surface area contributed by atoms with Gasteiger partial charge in [-0.05, 0) is 61.8 Å². The van der Waals surface area contributed by atoms with Crippen LogP contribution in [0.1, 0.15) is 49.1 Å². The van der Waals surface area contributed by atoms with Crippen LogP contribution in [0.5, 0.6) is 0 Å². The Bertz CT molecular complexity index is 935. The number of likely N-dealkylation sites (tertiary alicyclic amines) is 1. The number of anilines is 1. The number of amides is 1. The Hall–Kier alpha value is -3.19. The largest absolute Gasteiger partial charge is 0.473 e. The minimum absolute atomic E-state index is 0.288. The van der Waals surface area contributed by atoms with E-state index in [1.54, 1.807) is 0 Å². The molecule has 0 radical (unpaired) electrons. The number of carboxylic acids is 2. The van der Waals surface area contributed by atoms with E-state index >= 15 is 0 Å². The van der Waals surface area contributed by atoms with Gasteiger partial charge in [-0.2, -0.15) is 0 Å². The van der Waals surface area contributed by atoms with Crippen molar-refractivity contribution in [2.45, 2.75) is 44.4 Å². The van der Waals surface area contributed by atoms with Crippen LogP contribution >= 0.6 is 0 Å². The van der Waals surface area contributed by atoms with Crippen molar-refractivity contribution in [3.8, 4) is 0 Å². The summed E-state index contributed by atoms with van der Waals surface area (Å²) in [4.78, 5) is 35.2. The Morgan fingerprint density at radius 2 is 1.58 bits per heavy atom. The quantitative estimate of drug-likeness (QED) is 0.670. The molecule has 1 amide bonds. The molecule has 0 bridgehead atoms. The molecule has 2 N–H and O–H groups in total. The predicted molar refractivity (Wildman–Crippen MR) is 126 cm³/mol. The highest BCUT2D eigenvalue weighted by Gasteiger charge is 2.23. The van der Waals surface area contributed by atoms with Gasteiger partial charge >= 0.3 is 11.9 Å². The van der Waals surface area contributed by atoms with Gasteiger partial charge in [0.2, 0.25) is 5.91 Å². The zero-order chi connectivity index (χ0) is 23.6. The first-order chi connectivity index (χ1) is 16.0. The predicted octanol–water partition coefficient (Wildman–Crippen LogP) is 3.78. The Morgan fingerprint density at radius 3 is 2.27 bits per heavy atom. The lowest BCUT2D eigenvalue weighted by Gasteiger charge is -2.34. The number of hydrogen-bond acceptors (Lipinski definition) is 4. The number of benzene rings is 2. The number of aliphatic carboxylic acids is 2. The molecule has 2 fully saturated rings. The zero-order valence-electron chi connectivity index (χ0n) is 18.9. The molecule has 2 saturated heterocycles. The van der Waals surface area contributed by atoms with Gasteiger partial charge in [0.25, 0.3) is 0 Å². The van der Waals surface area contributed by atoms with Crippen LogP contribution in [0.4, 0.5) is 5.69 Å². The molecule has 0 aromatic heterocycles. The average Bonchev–Trinajstić information content (AvgIpc) is 2.84. The maximum atomic E-state index is 12.4. The topological polar surface area (TPSA) is 98.1 Å². The van der Waals surface area contributed by atoms with Crippen molar-refractivity contribution in [1.82, 2.24) is 4.90 Å². The molecule has 0 saturated carbocycles. The SMILES string of the molecule is O=C(O)C(=O)O.O=C1CCCCN1c1ccccc1CCN1CCCC(c2ccccc2)C1. The molecule has 1 unspecified atom stereocenters. The summed E-state index contributed by atoms with van der Waals surface area (Å²) in [6.07, 6.45) is 6.42. The standard InChI is InChI=1S/C24H30N2O.C2H2O4/c27-24-14-6-7-17-26(24)23-13-5-4-11-21(23)15-18-25-16-8-12-22(19-25)20-9-2-1-3-10-20;3-1(4)2(5)6/h1-5,9-11,13,22H,6-8,12,14-19H2;(H,3,4)(H,5,6). The van der Waals surface area contributed by atoms with Crippen LogP contribution in [0.2, 0.25) is 0 Å². The number of para-hydroxylation sites is 1. The van der Waals surface area contributed by atoms with Gasteiger partial charge in [-0.25, -0.2) is 9.59 Å². The number of hydrogen-bond donors (Lipinski definition) is 2. The van der Waals surface area contributed by atoms with Crippen molar-refractivity contribution in [2.24, 2.45) is 0 Å². The van der Waals surface area contributed by atoms with E-state index in [0.29, 0.717) is 12.3 Å². The molecule has 0 aliphatic carbocycles. The van der Waals surface area contributed by atoms with Crippen LogP contribution in [0, 0.1) is 0 Å². The van der Waals surface area contributed by atoms with Crippen molar-refractivity contribution in [3.05, 3.63) is 65.7 Å². The summed E-state index contributed by atoms with van der Waals surface area (Å²) in [6, 6.07) is 19.4. The van der Waals surface area contributed by atoms with Crippen LogP contribution < -0.4 is 4.90 Å². The fourth-order valence-electron chi connectivity index (χ4n) is 4.58. The van der Waals surface area contributed by atoms with Gasteiger partial charge in [-0.1, -0.05) is 48.5 Å². The number of piperidine rings is 2. The molecule has 33 heavy (non-hydrogen) atoms. The van der Waals surface area contributed by atoms with E-state index in [2.05, 4.69) is 59.5 Å². The van der Waals surface area contributed by atoms with Gasteiger partial charge < -0.3 is 20.0 Å². The van der Waals surface area contributed by atoms with Crippen LogP contribution in [0.3, 0.4) is 0 Å². The highest BCUT2D eigenvalue weighted by Crippen LogP contribution is 2.28. The minimum Gasteiger partial charge on any atom is -0.473 e. The molecule has 7 heteroatoms. The van der Waals surface area contributed by atoms with Gasteiger partial charge in [0.05, 0.1) is 0 Å². The first-order valence-corrected chi connectivity index (χ1v) is 11.6. The summed E-state index contributed by atoms with van der Waals surface area (Å²) in [7, 11) is 0. The lowest BCUT2D eigenvalue weighted by Crippen LogP contribution is -2.37. The van der Waals surface area contributed by atoms with Gasteiger partial charge in [-0.15, -0.1) is 0 Å². The molecule has 0 spiro atoms. The fraction of sp³-hybridized carbons (Fsp3) is 0.423. The second kappa shape index (κ2) is 12.2. The van der Waals surface area contributed by atoms with Crippen LogP contribution in [-0.2, 0) is 20.8 Å². The molecule has 2 aromatic rings. The number of carbonyl (C=O) groups is 3. The monoisotopic (exact) mass is 452 g/mol. The summed E-state index contributed by atoms with van der Waals surface area (Å²) < 4.78 is 0. The van der Waals surface area contributed by atoms with Crippen molar-refractivity contribution in [1.29, 1.82) is 0 Å². The van der Waals surface area contributed by atoms with Crippen LogP contribution in [0.15, 0.2) is 54.6 Å². The third kappa shape index (κ3) is 7.15. The second-order valence-electron chi connectivity index (χ2n) is 8.54. The van der Waals surface area contributed by atoms with Crippen molar-refractivity contribution in [2.75, 3.05) is 31.1 Å². The first kappa shape index (κ1) is 24.5. The van der Waals surface area contributed by atoms with E-state index < -0.39 is 11.9 Å². The van der Waals surface area contributed by atoms with Gasteiger partial charge in [-0.3, -0.25) is 4.79 Å². The summed E-state index contributed by atoms with van der Waals surface area (Å²) >= 11 is 0. The Balaban J connectivity index is 0.000000454. The lowest BCUT2D eigenvalue weighted by atomic mass is 9.90. The Labute approximate surface area is 194 Å². The van der Waals surface area contributed by atoms with E-state index in [1.807, 2.05) is 4.90 Å². The smallest absolute Gasteiger partial charge is 0.414 e. The maximum absolute atomic E-state index is 12.4. The third-order valence-corrected chi connectivity index (χ3v) is 6.26. The minimum atomic E-state index is -1.82. The van der Waals surface area contributed by atoms with Crippen molar-refractivity contribution in [3.63, 3.8) is 0 Å². The fourth-order valence-corrected chi connectivity index (χ4v) is 4.58. The van der Waals surface area contributed by atoms with E-state index in [-0.39, 0.29) is 5.91 Å². The molecular weight excluding hydrogens is 420 g/mol. The number of rotatable bonds is 5. The summed E-state index contributed by atoms with van der Waals surface area (Å²) in [5.74, 6) is -2.71. The molecule has 2 aromatic carbocycles. The highest BCUT2D eigenvalue weighted by molar-refractivity contribution is 6.27. The molecule has 7 nitrogen and oxygen atoms in total. The third-order valence-electron chi connectivity index (χ3n) is 6.26. The van der Waals surface area contributed by atoms with E-state index in [1.165, 1.54) is 30.5 Å². The number of nitrogens with zero attached hydrogens (tertiary/aromatic N) is 2. The van der Waals surface area contributed by atoms with Crippen LogP contribution in [0.25, 0.3) is 0 Å². The second-order valence-corrected chi connectivity index (χ2v) is 8.54. The zero-order valence-corrected chi connectivity index (χ0v) is 18.9. The van der Waals surface area contributed by atoms with E-state index in [9.17, 15) is 4.79 Å². The molecule has 2 aliphatic heterocycles. The molecule has 1 atom stereocenters. The molecular formula is C26H32N2O5. The molecule has 2 heterocycles. The summed E-state index contributed by atoms with van der Waals surface area (Å²) in [6.45, 7) is 4.28. The normalized spacial score (nSPS) is 18.8. The van der Waals surface area contributed by atoms with Crippen LogP contribution in [-0.4, -0.2) is 59.1 Å². The van der Waals surface area contributed by atoms with Gasteiger partial charge in [0.1, 0.15) is 0 Å². The van der Waals surface area contributed by atoms with Gasteiger partial charge in [0, 0.05) is 31.7 Å². The summed E-state index contributed by atoms with van der Waals surface area (Å²) in [5.41, 5.74) is 3.93. The van der Waals surface area contributed by atoms with Crippen molar-refractivity contribution < 1.29 is 24.6 Å². The number of carbonyl (C=O) groups excluding carboxylic acids is 1. The average molecular weight is 453 g/mol. The number of carboxylic acid groups (broad SMARTS) is 2. The van der Waals surface area contributed by atoms with Crippen molar-refractivity contribution >= 4 is 23.5 Å². The Morgan fingerprint density at radius 1 is 0.879 bits per heavy atom. The lowest BCUT2D eigenvalue weighted by molar-refractivity contribution is -0.159. The maximum Gasteiger partial charge on any atom is 0.414 e. The summed E-state index contributed by atoms with van der Waals surface area (Å²) in [5, 5.41) is 14.8. The van der Waals surface area contributed by atoms with Gasteiger partial charge in [0.15, 0.2) is 0 Å². The highest BCUT2D eigenvalue weighted by atomic mass is 16.4. The van der Waals surface area contributed by atoms with E-state index in [0.717, 1.165) is 44.6 Å². The van der Waals surface area contributed by atoms with E-state index in [4.69, 9.17) is 19.8 Å². The molecule has 176 valence electrons. The Kier molecular flexibility index (Phi) is 9.01. The molecule has 4 rings (SSSR count). The first-order valence-electron chi connectivity index (χ1n) is 11.6. The molecule has 2 aliphatic rings.